The van der Waals surface area contributed by atoms with E-state index in [4.69, 9.17) is 16.1 Å². The maximum absolute atomic E-state index is 13.5. The highest BCUT2D eigenvalue weighted by atomic mass is 35.5. The summed E-state index contributed by atoms with van der Waals surface area (Å²) in [5.41, 5.74) is 0.628. The van der Waals surface area contributed by atoms with Crippen LogP contribution in [0.1, 0.15) is 43.4 Å². The summed E-state index contributed by atoms with van der Waals surface area (Å²) in [4.78, 5) is 18.7. The quantitative estimate of drug-likeness (QED) is 0.506. The third-order valence-corrected chi connectivity index (χ3v) is 8.93. The van der Waals surface area contributed by atoms with Crippen LogP contribution in [0.2, 0.25) is 5.02 Å². The number of halogens is 1. The van der Waals surface area contributed by atoms with Crippen LogP contribution in [0, 0.1) is 12.8 Å². The van der Waals surface area contributed by atoms with E-state index in [1.54, 1.807) is 37.3 Å². The second-order valence-electron chi connectivity index (χ2n) is 8.34. The van der Waals surface area contributed by atoms with Gasteiger partial charge in [-0.15, -0.1) is 11.3 Å². The number of carbonyl (C=O) groups excluding carboxylic acids is 1. The van der Waals surface area contributed by atoms with Crippen LogP contribution in [-0.2, 0) is 14.8 Å². The lowest BCUT2D eigenvalue weighted by molar-refractivity contribution is -0.120. The normalized spacial score (nSPS) is 17.4. The minimum atomic E-state index is -3.77. The Morgan fingerprint density at radius 3 is 2.70 bits per heavy atom. The van der Waals surface area contributed by atoms with E-state index in [9.17, 15) is 13.2 Å². The van der Waals surface area contributed by atoms with Crippen LogP contribution in [0.4, 0.5) is 5.69 Å². The second-order valence-corrected chi connectivity index (χ2v) is 11.9. The molecule has 11 heteroatoms. The fourth-order valence-electron chi connectivity index (χ4n) is 3.69. The Labute approximate surface area is 202 Å². The Kier molecular flexibility index (Phi) is 6.90. The number of rotatable bonds is 6. The summed E-state index contributed by atoms with van der Waals surface area (Å²) in [6, 6.07) is 8.42. The Morgan fingerprint density at radius 1 is 1.30 bits per heavy atom. The molecule has 176 valence electrons. The Hall–Kier alpha value is -2.27. The number of thiophene rings is 1. The Balaban J connectivity index is 1.51. The number of hydrogen-bond acceptors (Lipinski definition) is 7. The molecule has 3 heterocycles. The van der Waals surface area contributed by atoms with Crippen molar-refractivity contribution in [1.29, 1.82) is 0 Å². The molecule has 1 aliphatic rings. The van der Waals surface area contributed by atoms with Crippen LogP contribution in [-0.4, -0.2) is 41.9 Å². The average molecular weight is 509 g/mol. The molecule has 0 bridgehead atoms. The number of carbonyl (C=O) groups is 1. The van der Waals surface area contributed by atoms with E-state index in [2.05, 4.69) is 15.5 Å². The lowest BCUT2D eigenvalue weighted by atomic mass is 9.99. The van der Waals surface area contributed by atoms with Gasteiger partial charge in [0.25, 0.3) is 0 Å². The van der Waals surface area contributed by atoms with Crippen LogP contribution < -0.4 is 5.32 Å². The standard InChI is InChI=1S/C22H25ClN4O4S2/c1-13(2)22-25-20(26-31-22)18-11-19(14(3)32-18)33(29,30)27-10-4-5-15(12-27)21(28)24-17-8-6-16(23)7-9-17/h6-9,11,13,15H,4-5,10,12H2,1-3H3,(H,24,28)/t15-/m1/s1. The summed E-state index contributed by atoms with van der Waals surface area (Å²) in [5, 5.41) is 7.43. The minimum absolute atomic E-state index is 0.0832. The predicted octanol–water partition coefficient (Wildman–Crippen LogP) is 4.92. The molecule has 2 aromatic heterocycles. The summed E-state index contributed by atoms with van der Waals surface area (Å²) < 4.78 is 33.6. The second kappa shape index (κ2) is 9.54. The van der Waals surface area contributed by atoms with Gasteiger partial charge in [0.2, 0.25) is 27.6 Å². The monoisotopic (exact) mass is 508 g/mol. The Morgan fingerprint density at radius 2 is 2.03 bits per heavy atom. The number of nitrogens with one attached hydrogen (secondary N) is 1. The van der Waals surface area contributed by atoms with Crippen molar-refractivity contribution in [2.24, 2.45) is 5.92 Å². The van der Waals surface area contributed by atoms with Crippen LogP contribution in [0.3, 0.4) is 0 Å². The number of benzene rings is 1. The molecule has 0 radical (unpaired) electrons. The molecular formula is C22H25ClN4O4S2. The van der Waals surface area contributed by atoms with Crippen molar-refractivity contribution in [1.82, 2.24) is 14.4 Å². The lowest BCUT2D eigenvalue weighted by Crippen LogP contribution is -2.43. The number of amides is 1. The molecule has 1 N–H and O–H groups in total. The molecular weight excluding hydrogens is 484 g/mol. The van der Waals surface area contributed by atoms with Crippen molar-refractivity contribution in [3.05, 3.63) is 46.1 Å². The van der Waals surface area contributed by atoms with E-state index in [1.165, 1.54) is 15.6 Å². The van der Waals surface area contributed by atoms with Crippen LogP contribution in [0.15, 0.2) is 39.8 Å². The molecule has 0 saturated carbocycles. The first-order valence-corrected chi connectivity index (χ1v) is 13.3. The van der Waals surface area contributed by atoms with Gasteiger partial charge in [0, 0.05) is 34.6 Å². The summed E-state index contributed by atoms with van der Waals surface area (Å²) >= 11 is 7.21. The van der Waals surface area contributed by atoms with Crippen molar-refractivity contribution in [2.75, 3.05) is 18.4 Å². The number of aromatic nitrogens is 2. The van der Waals surface area contributed by atoms with Gasteiger partial charge in [-0.3, -0.25) is 4.79 Å². The predicted molar refractivity (Wildman–Crippen MR) is 128 cm³/mol. The first kappa shape index (κ1) is 23.9. The van der Waals surface area contributed by atoms with E-state index in [0.717, 1.165) is 0 Å². The van der Waals surface area contributed by atoms with Gasteiger partial charge < -0.3 is 9.84 Å². The largest absolute Gasteiger partial charge is 0.339 e. The first-order chi connectivity index (χ1) is 15.6. The van der Waals surface area contributed by atoms with Gasteiger partial charge in [-0.05, 0) is 50.1 Å². The summed E-state index contributed by atoms with van der Waals surface area (Å²) in [7, 11) is -3.77. The van der Waals surface area contributed by atoms with Crippen LogP contribution in [0.5, 0.6) is 0 Å². The highest BCUT2D eigenvalue weighted by Crippen LogP contribution is 2.35. The van der Waals surface area contributed by atoms with Crippen LogP contribution in [0.25, 0.3) is 10.7 Å². The SMILES string of the molecule is Cc1sc(-c2noc(C(C)C)n2)cc1S(=O)(=O)N1CCC[C@@H](C(=O)Nc2ccc(Cl)cc2)C1. The topological polar surface area (TPSA) is 105 Å². The number of aryl methyl sites for hydroxylation is 1. The molecule has 1 aliphatic heterocycles. The molecule has 33 heavy (non-hydrogen) atoms. The fraction of sp³-hybridized carbons (Fsp3) is 0.409. The van der Waals surface area contributed by atoms with Crippen molar-refractivity contribution in [3.8, 4) is 10.7 Å². The highest BCUT2D eigenvalue weighted by Gasteiger charge is 2.35. The maximum atomic E-state index is 13.5. The van der Waals surface area contributed by atoms with Crippen molar-refractivity contribution in [2.45, 2.75) is 44.4 Å². The summed E-state index contributed by atoms with van der Waals surface area (Å²) in [6.07, 6.45) is 1.23. The number of hydrogen-bond donors (Lipinski definition) is 1. The van der Waals surface area contributed by atoms with Gasteiger partial charge in [0.15, 0.2) is 0 Å². The van der Waals surface area contributed by atoms with Gasteiger partial charge in [-0.1, -0.05) is 30.6 Å². The molecule has 1 aromatic carbocycles. The fourth-order valence-corrected chi connectivity index (χ4v) is 6.83. The van der Waals surface area contributed by atoms with E-state index < -0.39 is 15.9 Å². The van der Waals surface area contributed by atoms with Gasteiger partial charge in [0.1, 0.15) is 0 Å². The number of piperidine rings is 1. The molecule has 1 amide bonds. The maximum Gasteiger partial charge on any atom is 0.244 e. The van der Waals surface area contributed by atoms with Gasteiger partial charge in [-0.25, -0.2) is 8.42 Å². The van der Waals surface area contributed by atoms with E-state index in [1.807, 2.05) is 13.8 Å². The zero-order valence-corrected chi connectivity index (χ0v) is 20.9. The van der Waals surface area contributed by atoms with E-state index in [0.29, 0.717) is 51.6 Å². The summed E-state index contributed by atoms with van der Waals surface area (Å²) in [5.74, 6) is 0.333. The third-order valence-electron chi connectivity index (χ3n) is 5.51. The first-order valence-electron chi connectivity index (χ1n) is 10.7. The molecule has 4 rings (SSSR count). The molecule has 0 unspecified atom stereocenters. The third kappa shape index (κ3) is 5.13. The molecule has 1 fully saturated rings. The highest BCUT2D eigenvalue weighted by molar-refractivity contribution is 7.89. The summed E-state index contributed by atoms with van der Waals surface area (Å²) in [6.45, 7) is 6.16. The molecule has 0 spiro atoms. The molecule has 1 saturated heterocycles. The van der Waals surface area contributed by atoms with Gasteiger partial charge >= 0.3 is 0 Å². The van der Waals surface area contributed by atoms with Gasteiger partial charge in [-0.2, -0.15) is 9.29 Å². The van der Waals surface area contributed by atoms with Crippen molar-refractivity contribution >= 4 is 44.6 Å². The zero-order chi connectivity index (χ0) is 23.8. The van der Waals surface area contributed by atoms with Crippen molar-refractivity contribution in [3.63, 3.8) is 0 Å². The Bertz CT molecular complexity index is 1250. The molecule has 8 nitrogen and oxygen atoms in total. The molecule has 1 atom stereocenters. The van der Waals surface area contributed by atoms with E-state index in [-0.39, 0.29) is 23.3 Å². The molecule has 0 aliphatic carbocycles. The van der Waals surface area contributed by atoms with Gasteiger partial charge in [0.05, 0.1) is 15.7 Å². The smallest absolute Gasteiger partial charge is 0.244 e. The zero-order valence-electron chi connectivity index (χ0n) is 18.5. The average Bonchev–Trinajstić information content (AvgIpc) is 3.43. The minimum Gasteiger partial charge on any atom is -0.339 e. The van der Waals surface area contributed by atoms with E-state index >= 15 is 0 Å². The molecule has 3 aromatic rings. The number of nitrogens with zero attached hydrogens (tertiary/aromatic N) is 3. The van der Waals surface area contributed by atoms with Crippen LogP contribution >= 0.6 is 22.9 Å². The lowest BCUT2D eigenvalue weighted by Gasteiger charge is -2.31. The number of sulfonamides is 1. The number of anilines is 1. The van der Waals surface area contributed by atoms with Crippen molar-refractivity contribution < 1.29 is 17.7 Å².